The Labute approximate surface area is 440 Å². The summed E-state index contributed by atoms with van der Waals surface area (Å²) in [5.41, 5.74) is -1.19. The molecule has 1 aliphatic carbocycles. The van der Waals surface area contributed by atoms with Crippen LogP contribution < -0.4 is 20.7 Å². The number of aromatic nitrogens is 1. The highest BCUT2D eigenvalue weighted by molar-refractivity contribution is 7.23. The SMILES string of the molecule is CC1c2c(N=C(N)OCC3(CN4CCC(=CF)CC4)CC3)c(F)c(-c3ccc(F)c4sc(NC(=O)OC(C)(C)C)c(C#N)c34)c(C(F)(F)F)c2OCCN1Cc1cccnc1N(C(=O)OC(C)(C)C)C(=O)OC(C)(C)C. The maximum Gasteiger partial charge on any atom is 0.425 e. The van der Waals surface area contributed by atoms with E-state index in [0.717, 1.165) is 25.0 Å². The molecule has 2 aromatic heterocycles. The highest BCUT2D eigenvalue weighted by Crippen LogP contribution is 2.56. The highest BCUT2D eigenvalue weighted by Gasteiger charge is 2.47. The number of carbonyl (C=O) groups is 3. The Morgan fingerprint density at radius 1 is 0.987 bits per heavy atom. The maximum atomic E-state index is 18.3. The molecule has 16 nitrogen and oxygen atoms in total. The van der Waals surface area contributed by atoms with E-state index in [9.17, 15) is 24.0 Å². The summed E-state index contributed by atoms with van der Waals surface area (Å²) in [6, 6.07) is 4.77. The summed E-state index contributed by atoms with van der Waals surface area (Å²) in [6.45, 7) is 16.8. The number of rotatable bonds is 10. The van der Waals surface area contributed by atoms with Crippen molar-refractivity contribution in [3.05, 3.63) is 76.3 Å². The number of anilines is 2. The molecule has 1 atom stereocenters. The zero-order valence-corrected chi connectivity index (χ0v) is 44.8. The van der Waals surface area contributed by atoms with Crippen LogP contribution in [0.4, 0.5) is 57.2 Å². The van der Waals surface area contributed by atoms with Crippen molar-refractivity contribution in [1.29, 1.82) is 5.26 Å². The number of thiophene rings is 1. The molecule has 0 radical (unpaired) electrons. The number of aliphatic imine (C=N–C) groups is 1. The van der Waals surface area contributed by atoms with Crippen molar-refractivity contribution in [1.82, 2.24) is 14.8 Å². The Kier molecular flexibility index (Phi) is 16.3. The molecule has 0 spiro atoms. The van der Waals surface area contributed by atoms with Crippen LogP contribution >= 0.6 is 11.3 Å². The van der Waals surface area contributed by atoms with Crippen molar-refractivity contribution in [3.63, 3.8) is 0 Å². The van der Waals surface area contributed by atoms with Gasteiger partial charge in [0.1, 0.15) is 57.3 Å². The molecule has 23 heteroatoms. The summed E-state index contributed by atoms with van der Waals surface area (Å²) in [7, 11) is 0. The molecular weight excluding hydrogens is 1020 g/mol. The van der Waals surface area contributed by atoms with E-state index in [-0.39, 0.29) is 40.8 Å². The van der Waals surface area contributed by atoms with E-state index in [0.29, 0.717) is 60.6 Å². The summed E-state index contributed by atoms with van der Waals surface area (Å²) >= 11 is 0.538. The third kappa shape index (κ3) is 13.1. The molecule has 3 aliphatic rings. The van der Waals surface area contributed by atoms with Crippen LogP contribution in [0.2, 0.25) is 0 Å². The van der Waals surface area contributed by atoms with Crippen molar-refractivity contribution in [2.24, 2.45) is 16.1 Å². The van der Waals surface area contributed by atoms with E-state index in [1.165, 1.54) is 25.3 Å². The second kappa shape index (κ2) is 21.8. The fraction of sp³-hybridized carbons (Fsp3) is 0.509. The molecule has 3 amide bonds. The van der Waals surface area contributed by atoms with Gasteiger partial charge in [0.05, 0.1) is 23.2 Å². The lowest BCUT2D eigenvalue weighted by Crippen LogP contribution is -2.45. The quantitative estimate of drug-likeness (QED) is 0.0660. The molecule has 4 heterocycles. The van der Waals surface area contributed by atoms with Crippen molar-refractivity contribution in [2.75, 3.05) is 49.6 Å². The minimum atomic E-state index is -5.41. The summed E-state index contributed by atoms with van der Waals surface area (Å²) < 4.78 is 124. The molecule has 2 aromatic carbocycles. The first-order valence-electron chi connectivity index (χ1n) is 24.6. The van der Waals surface area contributed by atoms with Gasteiger partial charge in [-0.2, -0.15) is 28.3 Å². The average molecular weight is 1090 g/mol. The maximum absolute atomic E-state index is 18.3. The predicted octanol–water partition coefficient (Wildman–Crippen LogP) is 12.8. The van der Waals surface area contributed by atoms with E-state index in [1.807, 2.05) is 6.07 Å². The minimum Gasteiger partial charge on any atom is -0.491 e. The van der Waals surface area contributed by atoms with E-state index in [2.05, 4.69) is 20.2 Å². The Bertz CT molecular complexity index is 2970. The second-order valence-electron chi connectivity index (χ2n) is 22.1. The first kappa shape index (κ1) is 57.1. The molecule has 410 valence electrons. The number of nitrogens with two attached hydrogens (primary N) is 1. The monoisotopic (exact) mass is 1080 g/mol. The molecule has 0 bridgehead atoms. The highest BCUT2D eigenvalue weighted by atomic mass is 32.1. The van der Waals surface area contributed by atoms with Crippen molar-refractivity contribution >= 4 is 62.2 Å². The number of alkyl halides is 3. The Morgan fingerprint density at radius 3 is 2.18 bits per heavy atom. The van der Waals surface area contributed by atoms with Crippen molar-refractivity contribution in [2.45, 2.75) is 130 Å². The predicted molar refractivity (Wildman–Crippen MR) is 274 cm³/mol. The number of nitrogens with zero attached hydrogens (tertiary/aromatic N) is 6. The number of halogens is 6. The summed E-state index contributed by atoms with van der Waals surface area (Å²) in [6.07, 6.45) is -4.17. The van der Waals surface area contributed by atoms with Gasteiger partial charge in [-0.05, 0) is 118 Å². The molecule has 7 rings (SSSR count). The Hall–Kier alpha value is -6.64. The summed E-state index contributed by atoms with van der Waals surface area (Å²) in [5, 5.41) is 12.2. The van der Waals surface area contributed by atoms with Crippen molar-refractivity contribution < 1.29 is 64.4 Å². The van der Waals surface area contributed by atoms with Gasteiger partial charge in [0.25, 0.3) is 6.02 Å². The zero-order chi connectivity index (χ0) is 55.9. The standard InChI is InChI=1S/C53H62F6N8O8S/c1-29-35-40(63-45(61)72-28-52(17-18-52)27-65-20-15-30(24-54)16-21-65)39(56)37(32-13-14-34(55)42-36(32)33(25-60)44(76-42)64-46(68)73-49(2,3)4)38(53(57,58)59)41(35)71-23-22-66(29)26-31-12-11-19-62-43(31)67(47(69)74-50(5,6)7)48(70)75-51(8,9)10/h11-14,19,24,29H,15-18,20-23,26-28H2,1-10H3,(H2,61,63)(H,64,68). The van der Waals surface area contributed by atoms with E-state index >= 15 is 22.0 Å². The number of amidine groups is 1. The average Bonchev–Trinajstić information content (AvgIpc) is 4.04. The number of ether oxygens (including phenoxy) is 5. The number of fused-ring (bicyclic) bond motifs is 2. The van der Waals surface area contributed by atoms with Gasteiger partial charge in [0.2, 0.25) is 0 Å². The Balaban J connectivity index is 1.40. The fourth-order valence-corrected chi connectivity index (χ4v) is 10.1. The van der Waals surface area contributed by atoms with Crippen LogP contribution in [0.5, 0.6) is 5.75 Å². The number of imide groups is 1. The van der Waals surface area contributed by atoms with Crippen LogP contribution in [0.25, 0.3) is 21.2 Å². The molecule has 2 aliphatic heterocycles. The van der Waals surface area contributed by atoms with Gasteiger partial charge >= 0.3 is 24.5 Å². The molecule has 1 saturated carbocycles. The number of hydrogen-bond acceptors (Lipinski definition) is 14. The Morgan fingerprint density at radius 2 is 1.62 bits per heavy atom. The van der Waals surface area contributed by atoms with E-state index < -0.39 is 122 Å². The number of amides is 3. The van der Waals surface area contributed by atoms with Gasteiger partial charge in [0, 0.05) is 72.5 Å². The molecule has 76 heavy (non-hydrogen) atoms. The largest absolute Gasteiger partial charge is 0.491 e. The van der Waals surface area contributed by atoms with Gasteiger partial charge < -0.3 is 34.3 Å². The molecule has 4 aromatic rings. The number of benzene rings is 2. The number of likely N-dealkylation sites (tertiary alicyclic amines) is 1. The molecule has 1 saturated heterocycles. The molecule has 3 N–H and O–H groups in total. The lowest BCUT2D eigenvalue weighted by atomic mass is 9.88. The second-order valence-corrected chi connectivity index (χ2v) is 23.1. The van der Waals surface area contributed by atoms with Gasteiger partial charge in [-0.15, -0.1) is 11.3 Å². The van der Waals surface area contributed by atoms with Crippen LogP contribution in [0.15, 0.2) is 47.4 Å². The zero-order valence-electron chi connectivity index (χ0n) is 44.0. The van der Waals surface area contributed by atoms with Crippen LogP contribution in [0, 0.1) is 28.4 Å². The minimum absolute atomic E-state index is 0.00213. The molecular formula is C53H62F6N8O8S. The lowest BCUT2D eigenvalue weighted by molar-refractivity contribution is -0.138. The smallest absolute Gasteiger partial charge is 0.425 e. The van der Waals surface area contributed by atoms with Crippen LogP contribution in [-0.4, -0.2) is 95.3 Å². The third-order valence-electron chi connectivity index (χ3n) is 12.6. The number of piperidine rings is 1. The molecule has 2 fully saturated rings. The number of pyridine rings is 1. The van der Waals surface area contributed by atoms with Crippen LogP contribution in [0.1, 0.15) is 123 Å². The first-order chi connectivity index (χ1) is 35.4. The first-order valence-corrected chi connectivity index (χ1v) is 25.4. The summed E-state index contributed by atoms with van der Waals surface area (Å²) in [5.74, 6) is -3.65. The number of nitriles is 1. The van der Waals surface area contributed by atoms with Crippen molar-refractivity contribution in [3.8, 4) is 22.9 Å². The van der Waals surface area contributed by atoms with Gasteiger partial charge in [-0.3, -0.25) is 10.2 Å². The van der Waals surface area contributed by atoms with Gasteiger partial charge in [-0.25, -0.2) is 32.5 Å². The number of nitrogens with one attached hydrogen (secondary N) is 1. The molecule has 1 unspecified atom stereocenters. The topological polar surface area (TPSA) is 194 Å². The van der Waals surface area contributed by atoms with Crippen LogP contribution in [0.3, 0.4) is 0 Å². The van der Waals surface area contributed by atoms with E-state index in [4.69, 9.17) is 29.4 Å². The van der Waals surface area contributed by atoms with Gasteiger partial charge in [0.15, 0.2) is 11.6 Å². The third-order valence-corrected chi connectivity index (χ3v) is 13.7. The van der Waals surface area contributed by atoms with Gasteiger partial charge in [-0.1, -0.05) is 12.1 Å². The van der Waals surface area contributed by atoms with Crippen LogP contribution in [-0.2, 0) is 31.7 Å². The lowest BCUT2D eigenvalue weighted by Gasteiger charge is -2.32. The number of hydrogen-bond donors (Lipinski definition) is 2. The van der Waals surface area contributed by atoms with E-state index in [1.54, 1.807) is 67.2 Å². The number of carbonyl (C=O) groups excluding carboxylic acids is 3. The normalized spacial score (nSPS) is 17.4. The summed E-state index contributed by atoms with van der Waals surface area (Å²) in [4.78, 5) is 53.8. The fourth-order valence-electron chi connectivity index (χ4n) is 9.01.